The van der Waals surface area contributed by atoms with Crippen LogP contribution in [0.2, 0.25) is 0 Å². The molecule has 3 aromatic rings. The Bertz CT molecular complexity index is 936. The molecule has 6 heteroatoms. The second kappa shape index (κ2) is 6.69. The Kier molecular flexibility index (Phi) is 4.39. The number of carbonyl (C=O) groups excluding carboxylic acids is 1. The third-order valence-electron chi connectivity index (χ3n) is 4.34. The fraction of sp³-hybridized carbons (Fsp3) is 0.263. The van der Waals surface area contributed by atoms with Gasteiger partial charge in [-0.1, -0.05) is 12.1 Å². The second-order valence-corrected chi connectivity index (χ2v) is 8.19. The first kappa shape index (κ1) is 16.4. The largest absolute Gasteiger partial charge is 0.279 e. The monoisotopic (exact) mass is 372 g/mol. The summed E-state index contributed by atoms with van der Waals surface area (Å²) in [6.45, 7) is 4.16. The van der Waals surface area contributed by atoms with Crippen LogP contribution >= 0.6 is 22.7 Å². The van der Waals surface area contributed by atoms with E-state index in [1.807, 2.05) is 6.07 Å². The van der Waals surface area contributed by atoms with Crippen molar-refractivity contribution in [2.24, 2.45) is 0 Å². The summed E-state index contributed by atoms with van der Waals surface area (Å²) in [4.78, 5) is 21.2. The normalized spacial score (nSPS) is 13.6. The van der Waals surface area contributed by atoms with Crippen molar-refractivity contribution in [1.29, 1.82) is 0 Å². The van der Waals surface area contributed by atoms with Crippen molar-refractivity contribution in [2.45, 2.75) is 25.7 Å². The molecule has 0 unspecified atom stereocenters. The predicted molar refractivity (Wildman–Crippen MR) is 102 cm³/mol. The second-order valence-electron chi connectivity index (χ2n) is 6.04. The molecule has 2 heterocycles. The molecule has 0 fully saturated rings. The van der Waals surface area contributed by atoms with Gasteiger partial charge in [0.1, 0.15) is 5.82 Å². The van der Waals surface area contributed by atoms with Crippen molar-refractivity contribution in [3.8, 4) is 0 Å². The molecule has 1 amide bonds. The zero-order valence-electron chi connectivity index (χ0n) is 13.6. The number of anilines is 1. The average Bonchev–Trinajstić information content (AvgIpc) is 3.23. The van der Waals surface area contributed by atoms with Crippen LogP contribution in [0.3, 0.4) is 0 Å². The van der Waals surface area contributed by atoms with E-state index in [-0.39, 0.29) is 11.7 Å². The number of halogens is 1. The van der Waals surface area contributed by atoms with E-state index in [4.69, 9.17) is 4.98 Å². The standard InChI is InChI=1S/C19H17FN2OS2/c1-2-10-22(19-21-14-7-3-4-8-16(14)25-19)18(23)17-11-12-13(20)6-5-9-15(12)24-17/h2,5-6,9,11H,1,3-4,7-8,10H2. The van der Waals surface area contributed by atoms with Crippen LogP contribution in [-0.4, -0.2) is 17.4 Å². The number of aryl methyl sites for hydroxylation is 2. The summed E-state index contributed by atoms with van der Waals surface area (Å²) in [6.07, 6.45) is 6.06. The third-order valence-corrected chi connectivity index (χ3v) is 6.61. The summed E-state index contributed by atoms with van der Waals surface area (Å²) in [6, 6.07) is 6.56. The maximum Gasteiger partial charge on any atom is 0.270 e. The summed E-state index contributed by atoms with van der Waals surface area (Å²) in [5, 5.41) is 1.21. The van der Waals surface area contributed by atoms with Gasteiger partial charge in [0.25, 0.3) is 5.91 Å². The number of rotatable bonds is 4. The SMILES string of the molecule is C=CCN(C(=O)c1cc2c(F)cccc2s1)c1nc2c(s1)CCCC2. The number of amides is 1. The smallest absolute Gasteiger partial charge is 0.270 e. The van der Waals surface area contributed by atoms with Crippen LogP contribution in [-0.2, 0) is 12.8 Å². The van der Waals surface area contributed by atoms with E-state index in [0.29, 0.717) is 16.8 Å². The minimum absolute atomic E-state index is 0.147. The highest BCUT2D eigenvalue weighted by molar-refractivity contribution is 7.21. The lowest BCUT2D eigenvalue weighted by Gasteiger charge is -2.16. The molecule has 0 aliphatic heterocycles. The Labute approximate surface area is 153 Å². The van der Waals surface area contributed by atoms with Gasteiger partial charge in [0.05, 0.1) is 10.6 Å². The van der Waals surface area contributed by atoms with Crippen LogP contribution < -0.4 is 4.90 Å². The van der Waals surface area contributed by atoms with Crippen LogP contribution in [0.5, 0.6) is 0 Å². The predicted octanol–water partition coefficient (Wildman–Crippen LogP) is 5.21. The number of benzene rings is 1. The summed E-state index contributed by atoms with van der Waals surface area (Å²) in [5.74, 6) is -0.445. The maximum atomic E-state index is 13.9. The number of hydrogen-bond acceptors (Lipinski definition) is 4. The Balaban J connectivity index is 1.71. The lowest BCUT2D eigenvalue weighted by molar-refractivity contribution is 0.0993. The van der Waals surface area contributed by atoms with Crippen LogP contribution in [0.15, 0.2) is 36.9 Å². The van der Waals surface area contributed by atoms with E-state index in [1.165, 1.54) is 28.7 Å². The van der Waals surface area contributed by atoms with E-state index in [9.17, 15) is 9.18 Å². The van der Waals surface area contributed by atoms with Gasteiger partial charge in [-0.05, 0) is 43.9 Å². The molecule has 1 aromatic carbocycles. The van der Waals surface area contributed by atoms with E-state index in [0.717, 1.165) is 34.8 Å². The van der Waals surface area contributed by atoms with Gasteiger partial charge in [0.2, 0.25) is 0 Å². The van der Waals surface area contributed by atoms with Crippen molar-refractivity contribution in [1.82, 2.24) is 4.98 Å². The van der Waals surface area contributed by atoms with Gasteiger partial charge in [0, 0.05) is 21.5 Å². The molecule has 25 heavy (non-hydrogen) atoms. The molecule has 0 saturated carbocycles. The Morgan fingerprint density at radius 2 is 2.16 bits per heavy atom. The van der Waals surface area contributed by atoms with Crippen LogP contribution in [0.25, 0.3) is 10.1 Å². The summed E-state index contributed by atoms with van der Waals surface area (Å²) >= 11 is 2.91. The molecule has 2 aromatic heterocycles. The van der Waals surface area contributed by atoms with Crippen molar-refractivity contribution in [2.75, 3.05) is 11.4 Å². The van der Waals surface area contributed by atoms with Crippen molar-refractivity contribution < 1.29 is 9.18 Å². The van der Waals surface area contributed by atoms with Crippen LogP contribution in [0.1, 0.15) is 33.1 Å². The van der Waals surface area contributed by atoms with E-state index in [1.54, 1.807) is 34.4 Å². The van der Waals surface area contributed by atoms with E-state index < -0.39 is 0 Å². The summed E-state index contributed by atoms with van der Waals surface area (Å²) < 4.78 is 14.7. The average molecular weight is 372 g/mol. The van der Waals surface area contributed by atoms with Gasteiger partial charge in [-0.3, -0.25) is 9.69 Å². The van der Waals surface area contributed by atoms with E-state index in [2.05, 4.69) is 6.58 Å². The third kappa shape index (κ3) is 3.00. The van der Waals surface area contributed by atoms with Crippen LogP contribution in [0.4, 0.5) is 9.52 Å². The van der Waals surface area contributed by atoms with Crippen molar-refractivity contribution in [3.63, 3.8) is 0 Å². The number of thiazole rings is 1. The first-order chi connectivity index (χ1) is 12.2. The molecule has 128 valence electrons. The highest BCUT2D eigenvalue weighted by Crippen LogP contribution is 2.34. The molecular weight excluding hydrogens is 355 g/mol. The number of aromatic nitrogens is 1. The molecule has 3 nitrogen and oxygen atoms in total. The highest BCUT2D eigenvalue weighted by Gasteiger charge is 2.25. The minimum Gasteiger partial charge on any atom is -0.279 e. The van der Waals surface area contributed by atoms with Gasteiger partial charge in [-0.2, -0.15) is 0 Å². The quantitative estimate of drug-likeness (QED) is 0.589. The Morgan fingerprint density at radius 1 is 1.32 bits per heavy atom. The Hall–Kier alpha value is -2.05. The van der Waals surface area contributed by atoms with Gasteiger partial charge < -0.3 is 0 Å². The lowest BCUT2D eigenvalue weighted by Crippen LogP contribution is -2.30. The molecule has 0 atom stereocenters. The topological polar surface area (TPSA) is 33.2 Å². The molecule has 1 aliphatic rings. The molecule has 1 aliphatic carbocycles. The lowest BCUT2D eigenvalue weighted by atomic mass is 10.0. The van der Waals surface area contributed by atoms with Gasteiger partial charge in [-0.25, -0.2) is 9.37 Å². The molecule has 0 bridgehead atoms. The molecule has 0 spiro atoms. The summed E-state index contributed by atoms with van der Waals surface area (Å²) in [7, 11) is 0. The number of fused-ring (bicyclic) bond motifs is 2. The number of thiophene rings is 1. The van der Waals surface area contributed by atoms with Crippen LogP contribution in [0, 0.1) is 5.82 Å². The fourth-order valence-electron chi connectivity index (χ4n) is 3.09. The fourth-order valence-corrected chi connectivity index (χ4v) is 5.27. The number of carbonyl (C=O) groups is 1. The zero-order valence-corrected chi connectivity index (χ0v) is 15.3. The van der Waals surface area contributed by atoms with E-state index >= 15 is 0 Å². The van der Waals surface area contributed by atoms with Crippen molar-refractivity contribution in [3.05, 3.63) is 58.2 Å². The first-order valence-corrected chi connectivity index (χ1v) is 9.90. The molecular formula is C19H17FN2OS2. The molecule has 0 N–H and O–H groups in total. The molecule has 0 saturated heterocycles. The molecule has 4 rings (SSSR count). The van der Waals surface area contributed by atoms with Gasteiger partial charge >= 0.3 is 0 Å². The van der Waals surface area contributed by atoms with Crippen molar-refractivity contribution >= 4 is 43.8 Å². The molecule has 0 radical (unpaired) electrons. The van der Waals surface area contributed by atoms with Gasteiger partial charge in [0.15, 0.2) is 5.13 Å². The highest BCUT2D eigenvalue weighted by atomic mass is 32.1. The number of hydrogen-bond donors (Lipinski definition) is 0. The number of nitrogens with zero attached hydrogens (tertiary/aromatic N) is 2. The Morgan fingerprint density at radius 3 is 2.92 bits per heavy atom. The first-order valence-electron chi connectivity index (χ1n) is 8.27. The van der Waals surface area contributed by atoms with Gasteiger partial charge in [-0.15, -0.1) is 29.3 Å². The summed E-state index contributed by atoms with van der Waals surface area (Å²) in [5.41, 5.74) is 1.12. The minimum atomic E-state index is -0.298. The maximum absolute atomic E-state index is 13.9. The zero-order chi connectivity index (χ0) is 17.4.